The first-order chi connectivity index (χ1) is 17.3. The summed E-state index contributed by atoms with van der Waals surface area (Å²) in [5.74, 6) is -0.330. The Balaban J connectivity index is 1.68. The van der Waals surface area contributed by atoms with E-state index in [4.69, 9.17) is 9.84 Å². The van der Waals surface area contributed by atoms with Crippen molar-refractivity contribution in [2.75, 3.05) is 46.4 Å². The van der Waals surface area contributed by atoms with Crippen LogP contribution in [0.1, 0.15) is 50.5 Å². The normalized spacial score (nSPS) is 22.9. The summed E-state index contributed by atoms with van der Waals surface area (Å²) in [7, 11) is 1.87. The van der Waals surface area contributed by atoms with Gasteiger partial charge in [-0.2, -0.15) is 0 Å². The number of aliphatic hydroxyl groups is 1. The van der Waals surface area contributed by atoms with Crippen molar-refractivity contribution >= 4 is 12.1 Å². The van der Waals surface area contributed by atoms with Crippen LogP contribution in [0.15, 0.2) is 24.3 Å². The lowest BCUT2D eigenvalue weighted by Gasteiger charge is -2.43. The molecule has 3 rings (SSSR count). The number of nitrogens with zero attached hydrogens (tertiary/aromatic N) is 1. The van der Waals surface area contributed by atoms with Gasteiger partial charge in [-0.15, -0.1) is 0 Å². The number of piperidine rings is 1. The van der Waals surface area contributed by atoms with Crippen LogP contribution in [0.2, 0.25) is 0 Å². The fourth-order valence-electron chi connectivity index (χ4n) is 5.55. The molecule has 4 atom stereocenters. The molecule has 1 aromatic rings. The van der Waals surface area contributed by atoms with Crippen molar-refractivity contribution in [3.05, 3.63) is 35.6 Å². The number of hydrogen-bond donors (Lipinski definition) is 5. The monoisotopic (exact) mass is 508 g/mol. The highest BCUT2D eigenvalue weighted by atomic mass is 19.1. The molecule has 9 nitrogen and oxygen atoms in total. The molecule has 0 aliphatic carbocycles. The van der Waals surface area contributed by atoms with Crippen molar-refractivity contribution in [3.63, 3.8) is 0 Å². The fourth-order valence-corrected chi connectivity index (χ4v) is 5.55. The standard InChI is InChI=1S/C26H41FN4O5/c1-28-16-23(14-19-6-4-13-36-18-19)30-24(32)31-12-3-8-21(17-31)26(35,10-5-11-29-25(33)34)20-7-2-9-22(27)15-20/h2,7,9,15,19,21,23,28-29,35H,3-6,8,10-14,16-18H2,1H3,(H,30,32)(H,33,34)/t19?,21-,23+,26-/m1/s1. The van der Waals surface area contributed by atoms with Gasteiger partial charge in [-0.1, -0.05) is 12.1 Å². The number of rotatable bonds is 11. The Bertz CT molecular complexity index is 853. The number of benzene rings is 1. The number of halogens is 1. The predicted molar refractivity (Wildman–Crippen MR) is 134 cm³/mol. The number of urea groups is 1. The second-order valence-electron chi connectivity index (χ2n) is 10.1. The van der Waals surface area contributed by atoms with E-state index in [1.165, 1.54) is 12.1 Å². The average Bonchev–Trinajstić information content (AvgIpc) is 2.87. The molecule has 2 aliphatic heterocycles. The molecule has 2 heterocycles. The summed E-state index contributed by atoms with van der Waals surface area (Å²) in [5, 5.41) is 29.4. The van der Waals surface area contributed by atoms with Crippen LogP contribution >= 0.6 is 0 Å². The van der Waals surface area contributed by atoms with Gasteiger partial charge < -0.3 is 35.8 Å². The van der Waals surface area contributed by atoms with E-state index in [2.05, 4.69) is 16.0 Å². The number of hydrogen-bond acceptors (Lipinski definition) is 5. The zero-order valence-corrected chi connectivity index (χ0v) is 21.2. The topological polar surface area (TPSA) is 123 Å². The Morgan fingerprint density at radius 3 is 2.83 bits per heavy atom. The third-order valence-corrected chi connectivity index (χ3v) is 7.37. The van der Waals surface area contributed by atoms with E-state index in [-0.39, 0.29) is 31.0 Å². The lowest BCUT2D eigenvalue weighted by molar-refractivity contribution is -0.0554. The number of carbonyl (C=O) groups excluding carboxylic acids is 1. The van der Waals surface area contributed by atoms with E-state index < -0.39 is 17.5 Å². The van der Waals surface area contributed by atoms with E-state index in [9.17, 15) is 19.1 Å². The average molecular weight is 509 g/mol. The summed E-state index contributed by atoms with van der Waals surface area (Å²) >= 11 is 0. The van der Waals surface area contributed by atoms with E-state index >= 15 is 0 Å². The molecule has 2 aliphatic rings. The zero-order chi connectivity index (χ0) is 26.0. The molecule has 1 aromatic carbocycles. The molecular weight excluding hydrogens is 467 g/mol. The van der Waals surface area contributed by atoms with Crippen LogP contribution in [0.25, 0.3) is 0 Å². The van der Waals surface area contributed by atoms with Gasteiger partial charge in [-0.25, -0.2) is 14.0 Å². The highest BCUT2D eigenvalue weighted by molar-refractivity contribution is 5.74. The summed E-state index contributed by atoms with van der Waals surface area (Å²) in [6.45, 7) is 3.28. The molecule has 2 fully saturated rings. The van der Waals surface area contributed by atoms with Crippen LogP contribution in [0.3, 0.4) is 0 Å². The number of carboxylic acid groups (broad SMARTS) is 1. The van der Waals surface area contributed by atoms with Crippen LogP contribution in [-0.4, -0.2) is 79.7 Å². The molecule has 1 unspecified atom stereocenters. The van der Waals surface area contributed by atoms with Crippen LogP contribution in [-0.2, 0) is 10.3 Å². The first kappa shape index (κ1) is 28.1. The minimum absolute atomic E-state index is 0.0289. The maximum Gasteiger partial charge on any atom is 0.404 e. The number of nitrogens with one attached hydrogen (secondary N) is 3. The maximum absolute atomic E-state index is 14.1. The van der Waals surface area contributed by atoms with Gasteiger partial charge in [0.15, 0.2) is 0 Å². The second kappa shape index (κ2) is 13.8. The molecule has 36 heavy (non-hydrogen) atoms. The molecule has 3 amide bonds. The highest BCUT2D eigenvalue weighted by Crippen LogP contribution is 2.39. The minimum atomic E-state index is -1.38. The Morgan fingerprint density at radius 1 is 1.31 bits per heavy atom. The number of likely N-dealkylation sites (N-methyl/N-ethyl adjacent to an activating group) is 1. The van der Waals surface area contributed by atoms with Crippen molar-refractivity contribution < 1.29 is 28.9 Å². The molecule has 10 heteroatoms. The Morgan fingerprint density at radius 2 is 2.14 bits per heavy atom. The third-order valence-electron chi connectivity index (χ3n) is 7.37. The SMILES string of the molecule is CNC[C@H](CC1CCCOC1)NC(=O)N1CCC[C@@H]([C@@](O)(CCCNC(=O)O)c2cccc(F)c2)C1. The molecule has 5 N–H and O–H groups in total. The summed E-state index contributed by atoms with van der Waals surface area (Å²) in [6.07, 6.45) is 3.89. The van der Waals surface area contributed by atoms with E-state index in [0.717, 1.165) is 38.9 Å². The maximum atomic E-state index is 14.1. The molecule has 0 aromatic heterocycles. The van der Waals surface area contributed by atoms with E-state index in [0.29, 0.717) is 44.0 Å². The van der Waals surface area contributed by atoms with Crippen molar-refractivity contribution in [1.29, 1.82) is 0 Å². The van der Waals surface area contributed by atoms with Gasteiger partial charge in [-0.3, -0.25) is 0 Å². The van der Waals surface area contributed by atoms with Crippen molar-refractivity contribution in [2.24, 2.45) is 11.8 Å². The fraction of sp³-hybridized carbons (Fsp3) is 0.692. The van der Waals surface area contributed by atoms with Crippen molar-refractivity contribution in [3.8, 4) is 0 Å². The predicted octanol–water partition coefficient (Wildman–Crippen LogP) is 2.89. The van der Waals surface area contributed by atoms with Gasteiger partial charge in [-0.05, 0) is 75.6 Å². The quantitative estimate of drug-likeness (QED) is 0.293. The third kappa shape index (κ3) is 8.04. The van der Waals surface area contributed by atoms with Crippen LogP contribution in [0.5, 0.6) is 0 Å². The van der Waals surface area contributed by atoms with Crippen LogP contribution in [0, 0.1) is 17.7 Å². The molecule has 0 bridgehead atoms. The largest absolute Gasteiger partial charge is 0.465 e. The van der Waals surface area contributed by atoms with Crippen molar-refractivity contribution in [1.82, 2.24) is 20.9 Å². The van der Waals surface area contributed by atoms with Gasteiger partial charge in [0.1, 0.15) is 5.82 Å². The Hall–Kier alpha value is -2.43. The molecular formula is C26H41FN4O5. The number of likely N-dealkylation sites (tertiary alicyclic amines) is 1. The molecule has 2 saturated heterocycles. The Labute approximate surface area is 212 Å². The van der Waals surface area contributed by atoms with E-state index in [1.54, 1.807) is 17.0 Å². The minimum Gasteiger partial charge on any atom is -0.465 e. The zero-order valence-electron chi connectivity index (χ0n) is 21.2. The van der Waals surface area contributed by atoms with Gasteiger partial charge in [0.05, 0.1) is 5.60 Å². The van der Waals surface area contributed by atoms with Gasteiger partial charge in [0, 0.05) is 51.4 Å². The number of amides is 3. The smallest absolute Gasteiger partial charge is 0.404 e. The molecule has 202 valence electrons. The highest BCUT2D eigenvalue weighted by Gasteiger charge is 2.41. The van der Waals surface area contributed by atoms with Crippen LogP contribution < -0.4 is 16.0 Å². The summed E-state index contributed by atoms with van der Waals surface area (Å²) in [5.41, 5.74) is -0.930. The van der Waals surface area contributed by atoms with Crippen molar-refractivity contribution in [2.45, 2.75) is 56.6 Å². The van der Waals surface area contributed by atoms with Gasteiger partial charge >= 0.3 is 12.1 Å². The first-order valence-electron chi connectivity index (χ1n) is 13.0. The van der Waals surface area contributed by atoms with Gasteiger partial charge in [0.2, 0.25) is 0 Å². The van der Waals surface area contributed by atoms with E-state index in [1.807, 2.05) is 7.05 Å². The lowest BCUT2D eigenvalue weighted by atomic mass is 9.74. The summed E-state index contributed by atoms with van der Waals surface area (Å²) < 4.78 is 19.7. The second-order valence-corrected chi connectivity index (χ2v) is 10.1. The summed E-state index contributed by atoms with van der Waals surface area (Å²) in [4.78, 5) is 25.8. The molecule has 0 spiro atoms. The number of carbonyl (C=O) groups is 2. The number of ether oxygens (including phenoxy) is 1. The first-order valence-corrected chi connectivity index (χ1v) is 13.0. The lowest BCUT2D eigenvalue weighted by Crippen LogP contribution is -2.54. The van der Waals surface area contributed by atoms with Crippen LogP contribution in [0.4, 0.5) is 14.0 Å². The molecule has 0 saturated carbocycles. The Kier molecular flexibility index (Phi) is 10.8. The summed E-state index contributed by atoms with van der Waals surface area (Å²) in [6, 6.07) is 5.73. The molecule has 0 radical (unpaired) electrons. The van der Waals surface area contributed by atoms with Gasteiger partial charge in [0.25, 0.3) is 0 Å².